The Hall–Kier alpha value is -2.28. The Kier molecular flexibility index (Phi) is 7.34. The van der Waals surface area contributed by atoms with Crippen molar-refractivity contribution in [3.8, 4) is 5.75 Å². The number of methoxy groups -OCH3 is 1. The Bertz CT molecular complexity index is 506. The van der Waals surface area contributed by atoms with Gasteiger partial charge < -0.3 is 24.3 Å². The number of carbonyl (C=O) groups is 2. The highest BCUT2D eigenvalue weighted by Crippen LogP contribution is 2.11. The van der Waals surface area contributed by atoms with Crippen molar-refractivity contribution in [3.05, 3.63) is 29.8 Å². The fraction of sp³-hybridized carbons (Fsp3) is 0.500. The molecule has 0 aliphatic heterocycles. The van der Waals surface area contributed by atoms with Crippen LogP contribution in [0.4, 0.5) is 4.79 Å². The number of carbonyl (C=O) groups excluding carboxylic acids is 2. The fourth-order valence-electron chi connectivity index (χ4n) is 1.50. The first kappa shape index (κ1) is 18.8. The Morgan fingerprint density at radius 1 is 1.13 bits per heavy atom. The van der Waals surface area contributed by atoms with Gasteiger partial charge in [0.25, 0.3) is 0 Å². The van der Waals surface area contributed by atoms with E-state index in [1.807, 2.05) is 24.3 Å². The molecule has 0 aliphatic rings. The number of ether oxygens (including phenoxy) is 4. The maximum Gasteiger partial charge on any atom is 0.408 e. The number of hydrogen-bond donors (Lipinski definition) is 1. The standard InChI is InChI=1S/C16H23NO6/c1-16(2,3)23-15(19)17-9-14(18)22-11-21-10-12-5-7-13(20-4)8-6-12/h5-8H,9-11H2,1-4H3,(H,17,19). The number of amides is 1. The van der Waals surface area contributed by atoms with Crippen molar-refractivity contribution < 1.29 is 28.5 Å². The van der Waals surface area contributed by atoms with Gasteiger partial charge in [-0.15, -0.1) is 0 Å². The molecule has 0 saturated carbocycles. The lowest BCUT2D eigenvalue weighted by atomic mass is 10.2. The van der Waals surface area contributed by atoms with Crippen molar-refractivity contribution in [1.82, 2.24) is 5.32 Å². The van der Waals surface area contributed by atoms with Crippen molar-refractivity contribution >= 4 is 12.1 Å². The molecule has 1 N–H and O–H groups in total. The second-order valence-corrected chi connectivity index (χ2v) is 5.69. The first-order valence-corrected chi connectivity index (χ1v) is 7.13. The summed E-state index contributed by atoms with van der Waals surface area (Å²) < 4.78 is 20.1. The Morgan fingerprint density at radius 2 is 1.78 bits per heavy atom. The summed E-state index contributed by atoms with van der Waals surface area (Å²) in [4.78, 5) is 22.8. The third-order valence-electron chi connectivity index (χ3n) is 2.51. The zero-order valence-corrected chi connectivity index (χ0v) is 13.9. The number of esters is 1. The average molecular weight is 325 g/mol. The van der Waals surface area contributed by atoms with Crippen LogP contribution in [0.3, 0.4) is 0 Å². The second kappa shape index (κ2) is 8.99. The third kappa shape index (κ3) is 8.67. The predicted octanol–water partition coefficient (Wildman–Crippen LogP) is 2.24. The maximum atomic E-state index is 11.4. The molecular formula is C16H23NO6. The minimum Gasteiger partial charge on any atom is -0.497 e. The number of hydrogen-bond acceptors (Lipinski definition) is 6. The zero-order valence-electron chi connectivity index (χ0n) is 13.9. The van der Waals surface area contributed by atoms with Crippen LogP contribution in [0.25, 0.3) is 0 Å². The van der Waals surface area contributed by atoms with Gasteiger partial charge in [0.1, 0.15) is 17.9 Å². The van der Waals surface area contributed by atoms with Gasteiger partial charge >= 0.3 is 12.1 Å². The normalized spacial score (nSPS) is 10.8. The zero-order chi connectivity index (χ0) is 17.3. The lowest BCUT2D eigenvalue weighted by Gasteiger charge is -2.19. The van der Waals surface area contributed by atoms with Crippen molar-refractivity contribution in [2.24, 2.45) is 0 Å². The van der Waals surface area contributed by atoms with E-state index in [2.05, 4.69) is 5.32 Å². The highest BCUT2D eigenvalue weighted by Gasteiger charge is 2.16. The molecule has 0 bridgehead atoms. The van der Waals surface area contributed by atoms with Crippen LogP contribution in [0.2, 0.25) is 0 Å². The van der Waals surface area contributed by atoms with E-state index < -0.39 is 17.7 Å². The van der Waals surface area contributed by atoms with E-state index >= 15 is 0 Å². The predicted molar refractivity (Wildman–Crippen MR) is 83.0 cm³/mol. The van der Waals surface area contributed by atoms with E-state index in [0.29, 0.717) is 6.61 Å². The summed E-state index contributed by atoms with van der Waals surface area (Å²) in [5, 5.41) is 2.31. The lowest BCUT2D eigenvalue weighted by Crippen LogP contribution is -2.36. The van der Waals surface area contributed by atoms with Gasteiger partial charge in [0.2, 0.25) is 0 Å². The fourth-order valence-corrected chi connectivity index (χ4v) is 1.50. The van der Waals surface area contributed by atoms with Gasteiger partial charge in [-0.1, -0.05) is 12.1 Å². The average Bonchev–Trinajstić information content (AvgIpc) is 2.48. The SMILES string of the molecule is COc1ccc(COCOC(=O)CNC(=O)OC(C)(C)C)cc1. The van der Waals surface area contributed by atoms with Gasteiger partial charge in [-0.05, 0) is 38.5 Å². The van der Waals surface area contributed by atoms with Crippen LogP contribution >= 0.6 is 0 Å². The van der Waals surface area contributed by atoms with Gasteiger partial charge in [-0.25, -0.2) is 4.79 Å². The third-order valence-corrected chi connectivity index (χ3v) is 2.51. The van der Waals surface area contributed by atoms with Crippen LogP contribution in [0.5, 0.6) is 5.75 Å². The molecule has 1 aromatic carbocycles. The van der Waals surface area contributed by atoms with Crippen LogP contribution in [0, 0.1) is 0 Å². The summed E-state index contributed by atoms with van der Waals surface area (Å²) in [7, 11) is 1.59. The molecule has 0 aromatic heterocycles. The largest absolute Gasteiger partial charge is 0.497 e. The molecule has 0 saturated heterocycles. The van der Waals surface area contributed by atoms with Crippen molar-refractivity contribution in [3.63, 3.8) is 0 Å². The van der Waals surface area contributed by atoms with Gasteiger partial charge in [0, 0.05) is 0 Å². The van der Waals surface area contributed by atoms with Crippen LogP contribution in [-0.2, 0) is 25.6 Å². The first-order valence-electron chi connectivity index (χ1n) is 7.13. The summed E-state index contributed by atoms with van der Waals surface area (Å²) >= 11 is 0. The van der Waals surface area contributed by atoms with Crippen molar-refractivity contribution in [1.29, 1.82) is 0 Å². The molecule has 0 aliphatic carbocycles. The minimum atomic E-state index is -0.673. The molecule has 1 aromatic rings. The molecule has 7 heteroatoms. The summed E-state index contributed by atoms with van der Waals surface area (Å²) in [6.07, 6.45) is -0.673. The molecule has 0 spiro atoms. The molecule has 0 fully saturated rings. The van der Waals surface area contributed by atoms with E-state index in [1.54, 1.807) is 27.9 Å². The summed E-state index contributed by atoms with van der Waals surface area (Å²) in [6, 6.07) is 7.33. The summed E-state index contributed by atoms with van der Waals surface area (Å²) in [5.74, 6) is 0.152. The quantitative estimate of drug-likeness (QED) is 0.470. The maximum absolute atomic E-state index is 11.4. The molecular weight excluding hydrogens is 302 g/mol. The first-order chi connectivity index (χ1) is 10.8. The van der Waals surface area contributed by atoms with Gasteiger partial charge in [0.05, 0.1) is 13.7 Å². The molecule has 23 heavy (non-hydrogen) atoms. The number of nitrogens with one attached hydrogen (secondary N) is 1. The number of rotatable bonds is 7. The Morgan fingerprint density at radius 3 is 2.35 bits per heavy atom. The minimum absolute atomic E-state index is 0.194. The van der Waals surface area contributed by atoms with E-state index in [4.69, 9.17) is 18.9 Å². The smallest absolute Gasteiger partial charge is 0.408 e. The second-order valence-electron chi connectivity index (χ2n) is 5.69. The molecule has 0 atom stereocenters. The van der Waals surface area contributed by atoms with E-state index in [1.165, 1.54) is 0 Å². The molecule has 1 amide bonds. The summed E-state index contributed by atoms with van der Waals surface area (Å²) in [5.41, 5.74) is 0.309. The lowest BCUT2D eigenvalue weighted by molar-refractivity contribution is -0.156. The van der Waals surface area contributed by atoms with Crippen LogP contribution in [0.15, 0.2) is 24.3 Å². The molecule has 1 rings (SSSR count). The molecule has 0 unspecified atom stereocenters. The van der Waals surface area contributed by atoms with Crippen LogP contribution < -0.4 is 10.1 Å². The Balaban J connectivity index is 2.15. The van der Waals surface area contributed by atoms with Crippen molar-refractivity contribution in [2.75, 3.05) is 20.4 Å². The topological polar surface area (TPSA) is 83.1 Å². The van der Waals surface area contributed by atoms with Gasteiger partial charge in [0.15, 0.2) is 6.79 Å². The van der Waals surface area contributed by atoms with E-state index in [-0.39, 0.29) is 13.3 Å². The highest BCUT2D eigenvalue weighted by molar-refractivity contribution is 5.77. The van der Waals surface area contributed by atoms with Gasteiger partial charge in [-0.3, -0.25) is 4.79 Å². The molecule has 0 radical (unpaired) electrons. The van der Waals surface area contributed by atoms with Crippen LogP contribution in [-0.4, -0.2) is 38.1 Å². The molecule has 128 valence electrons. The van der Waals surface area contributed by atoms with E-state index in [0.717, 1.165) is 11.3 Å². The molecule has 0 heterocycles. The molecule has 7 nitrogen and oxygen atoms in total. The van der Waals surface area contributed by atoms with Crippen LogP contribution in [0.1, 0.15) is 26.3 Å². The monoisotopic (exact) mass is 325 g/mol. The van der Waals surface area contributed by atoms with Gasteiger partial charge in [-0.2, -0.15) is 0 Å². The van der Waals surface area contributed by atoms with E-state index in [9.17, 15) is 9.59 Å². The van der Waals surface area contributed by atoms with Crippen molar-refractivity contribution in [2.45, 2.75) is 33.0 Å². The highest BCUT2D eigenvalue weighted by atomic mass is 16.7. The Labute approximate surface area is 135 Å². The number of alkyl carbamates (subject to hydrolysis) is 1. The summed E-state index contributed by atoms with van der Waals surface area (Å²) in [6.45, 7) is 5.03. The number of benzene rings is 1.